The van der Waals surface area contributed by atoms with Crippen LogP contribution in [0.5, 0.6) is 5.75 Å². The van der Waals surface area contributed by atoms with Gasteiger partial charge in [-0.05, 0) is 42.3 Å². The predicted molar refractivity (Wildman–Crippen MR) is 144 cm³/mol. The highest BCUT2D eigenvalue weighted by Gasteiger charge is 2.45. The Morgan fingerprint density at radius 1 is 1.00 bits per heavy atom. The Morgan fingerprint density at radius 3 is 2.54 bits per heavy atom. The van der Waals surface area contributed by atoms with Crippen molar-refractivity contribution in [1.82, 2.24) is 9.47 Å². The topological polar surface area (TPSA) is 72.8 Å². The van der Waals surface area contributed by atoms with Gasteiger partial charge in [0.25, 0.3) is 5.91 Å². The van der Waals surface area contributed by atoms with Crippen molar-refractivity contribution in [3.05, 3.63) is 95.2 Å². The number of rotatable bonds is 7. The van der Waals surface area contributed by atoms with Crippen molar-refractivity contribution in [2.24, 2.45) is 7.05 Å². The van der Waals surface area contributed by atoms with Crippen LogP contribution in [0.4, 0.5) is 5.69 Å². The molecule has 2 heterocycles. The van der Waals surface area contributed by atoms with E-state index in [1.54, 1.807) is 25.2 Å². The number of ether oxygens (including phenoxy) is 2. The van der Waals surface area contributed by atoms with E-state index in [4.69, 9.17) is 9.47 Å². The predicted octanol–water partition coefficient (Wildman–Crippen LogP) is 5.06. The summed E-state index contributed by atoms with van der Waals surface area (Å²) in [6.45, 7) is 2.68. The number of amides is 2. The molecule has 0 saturated heterocycles. The van der Waals surface area contributed by atoms with Crippen molar-refractivity contribution in [1.29, 1.82) is 0 Å². The third-order valence-corrected chi connectivity index (χ3v) is 7.12. The largest absolute Gasteiger partial charge is 0.495 e. The molecule has 0 saturated carbocycles. The van der Waals surface area contributed by atoms with E-state index in [1.165, 1.54) is 0 Å². The summed E-state index contributed by atoms with van der Waals surface area (Å²) in [5.41, 5.74) is 4.81. The number of fused-ring (bicyclic) bond motifs is 2. The molecule has 1 aliphatic heterocycles. The molecule has 1 aliphatic rings. The van der Waals surface area contributed by atoms with E-state index < -0.39 is 12.0 Å². The van der Waals surface area contributed by atoms with Gasteiger partial charge >= 0.3 is 0 Å². The van der Waals surface area contributed by atoms with Crippen LogP contribution in [0.3, 0.4) is 0 Å². The molecular formula is C30H31N3O4. The lowest BCUT2D eigenvalue weighted by molar-refractivity contribution is -0.119. The number of methoxy groups -OCH3 is 2. The Morgan fingerprint density at radius 2 is 1.76 bits per heavy atom. The van der Waals surface area contributed by atoms with Gasteiger partial charge in [-0.25, -0.2) is 0 Å². The van der Waals surface area contributed by atoms with Gasteiger partial charge in [0.2, 0.25) is 5.91 Å². The number of anilines is 1. The van der Waals surface area contributed by atoms with E-state index in [1.807, 2.05) is 85.4 Å². The zero-order chi connectivity index (χ0) is 26.1. The zero-order valence-electron chi connectivity index (χ0n) is 21.5. The highest BCUT2D eigenvalue weighted by atomic mass is 16.5. The van der Waals surface area contributed by atoms with Gasteiger partial charge in [-0.3, -0.25) is 9.59 Å². The maximum absolute atomic E-state index is 14.2. The van der Waals surface area contributed by atoms with Gasteiger partial charge in [-0.15, -0.1) is 0 Å². The average Bonchev–Trinajstić information content (AvgIpc) is 3.24. The number of hydrogen-bond acceptors (Lipinski definition) is 4. The van der Waals surface area contributed by atoms with Crippen LogP contribution in [-0.2, 0) is 16.6 Å². The highest BCUT2D eigenvalue weighted by molar-refractivity contribution is 6.05. The Hall–Kier alpha value is -4.10. The lowest BCUT2D eigenvalue weighted by Gasteiger charge is -2.41. The first kappa shape index (κ1) is 24.6. The first-order valence-corrected chi connectivity index (χ1v) is 12.3. The number of carbonyl (C=O) groups is 2. The monoisotopic (exact) mass is 497 g/mol. The van der Waals surface area contributed by atoms with E-state index in [-0.39, 0.29) is 11.8 Å². The molecule has 0 spiro atoms. The highest BCUT2D eigenvalue weighted by Crippen LogP contribution is 2.45. The Labute approximate surface area is 216 Å². The molecule has 1 aromatic heterocycles. The lowest BCUT2D eigenvalue weighted by atomic mass is 9.79. The first-order chi connectivity index (χ1) is 17.9. The van der Waals surface area contributed by atoms with Gasteiger partial charge in [0.05, 0.1) is 31.4 Å². The Balaban J connectivity index is 1.70. The average molecular weight is 498 g/mol. The van der Waals surface area contributed by atoms with Gasteiger partial charge in [-0.1, -0.05) is 42.5 Å². The molecule has 190 valence electrons. The summed E-state index contributed by atoms with van der Waals surface area (Å²) in [6.07, 6.45) is 2.03. The van der Waals surface area contributed by atoms with Gasteiger partial charge in [0, 0.05) is 48.9 Å². The van der Waals surface area contributed by atoms with Gasteiger partial charge in [-0.2, -0.15) is 0 Å². The van der Waals surface area contributed by atoms with E-state index in [2.05, 4.69) is 5.32 Å². The fraction of sp³-hybridized carbons (Fsp3) is 0.267. The molecule has 7 heteroatoms. The molecule has 1 N–H and O–H groups in total. The van der Waals surface area contributed by atoms with Crippen LogP contribution in [0.25, 0.3) is 10.9 Å². The third-order valence-electron chi connectivity index (χ3n) is 7.12. The molecule has 3 aromatic carbocycles. The number of aromatic nitrogens is 1. The summed E-state index contributed by atoms with van der Waals surface area (Å²) in [5.74, 6) is -0.383. The second-order valence-electron chi connectivity index (χ2n) is 9.41. The Kier molecular flexibility index (Phi) is 6.72. The Bertz CT molecular complexity index is 1470. The van der Waals surface area contributed by atoms with Crippen molar-refractivity contribution in [3.8, 4) is 5.75 Å². The summed E-state index contributed by atoms with van der Waals surface area (Å²) in [6, 6.07) is 20.6. The van der Waals surface area contributed by atoms with Crippen LogP contribution in [0.15, 0.2) is 72.9 Å². The fourth-order valence-electron chi connectivity index (χ4n) is 5.40. The summed E-state index contributed by atoms with van der Waals surface area (Å²) in [7, 11) is 5.18. The van der Waals surface area contributed by atoms with Crippen molar-refractivity contribution in [2.75, 3.05) is 32.7 Å². The van der Waals surface area contributed by atoms with Crippen LogP contribution < -0.4 is 10.1 Å². The van der Waals surface area contributed by atoms with Crippen LogP contribution in [0, 0.1) is 6.92 Å². The van der Waals surface area contributed by atoms with Crippen molar-refractivity contribution in [2.45, 2.75) is 18.9 Å². The minimum absolute atomic E-state index is 0.109. The molecule has 4 aromatic rings. The molecule has 7 nitrogen and oxygen atoms in total. The molecule has 0 fully saturated rings. The molecular weight excluding hydrogens is 466 g/mol. The van der Waals surface area contributed by atoms with E-state index in [9.17, 15) is 9.59 Å². The minimum Gasteiger partial charge on any atom is -0.495 e. The number of hydrogen-bond donors (Lipinski definition) is 1. The number of nitrogens with zero attached hydrogens (tertiary/aromatic N) is 2. The summed E-state index contributed by atoms with van der Waals surface area (Å²) >= 11 is 0. The minimum atomic E-state index is -0.651. The standard InChI is InChI=1S/C30H31N3O4/c1-19-13-14-26(37-4)24(17-19)31-29(34)27-21-10-5-6-11-22(21)30(35)33(15-16-36-3)28(27)23-18-32(2)25-12-8-7-9-20(23)25/h5-14,17-18,27-28H,15-16H2,1-4H3,(H,31,34)/t27-,28+/m0/s1. The molecule has 37 heavy (non-hydrogen) atoms. The van der Waals surface area contributed by atoms with Crippen LogP contribution >= 0.6 is 0 Å². The maximum atomic E-state index is 14.2. The van der Waals surface area contributed by atoms with Crippen molar-refractivity contribution < 1.29 is 19.1 Å². The lowest BCUT2D eigenvalue weighted by Crippen LogP contribution is -2.47. The zero-order valence-corrected chi connectivity index (χ0v) is 21.5. The quantitative estimate of drug-likeness (QED) is 0.387. The molecule has 0 radical (unpaired) electrons. The summed E-state index contributed by atoms with van der Waals surface area (Å²) in [4.78, 5) is 29.8. The van der Waals surface area contributed by atoms with Crippen molar-refractivity contribution >= 4 is 28.4 Å². The van der Waals surface area contributed by atoms with Crippen LogP contribution in [-0.4, -0.2) is 48.7 Å². The second-order valence-corrected chi connectivity index (χ2v) is 9.41. The van der Waals surface area contributed by atoms with Crippen molar-refractivity contribution in [3.63, 3.8) is 0 Å². The second kappa shape index (κ2) is 10.1. The van der Waals surface area contributed by atoms with E-state index >= 15 is 0 Å². The number of para-hydroxylation sites is 1. The maximum Gasteiger partial charge on any atom is 0.254 e. The van der Waals surface area contributed by atoms with Gasteiger partial charge in [0.15, 0.2) is 0 Å². The van der Waals surface area contributed by atoms with E-state index in [0.717, 1.165) is 22.0 Å². The summed E-state index contributed by atoms with van der Waals surface area (Å²) in [5, 5.41) is 4.13. The van der Waals surface area contributed by atoms with E-state index in [0.29, 0.717) is 35.7 Å². The van der Waals surface area contributed by atoms with Gasteiger partial charge in [0.1, 0.15) is 5.75 Å². The number of carbonyl (C=O) groups excluding carboxylic acids is 2. The molecule has 0 aliphatic carbocycles. The first-order valence-electron chi connectivity index (χ1n) is 12.3. The molecule has 0 bridgehead atoms. The number of aryl methyl sites for hydroxylation is 2. The normalized spacial score (nSPS) is 17.1. The van der Waals surface area contributed by atoms with Crippen LogP contribution in [0.2, 0.25) is 0 Å². The number of benzene rings is 3. The van der Waals surface area contributed by atoms with Crippen LogP contribution in [0.1, 0.15) is 39.0 Å². The molecule has 0 unspecified atom stereocenters. The fourth-order valence-corrected chi connectivity index (χ4v) is 5.40. The smallest absolute Gasteiger partial charge is 0.254 e. The molecule has 2 atom stereocenters. The third kappa shape index (κ3) is 4.36. The SMILES string of the molecule is COCCN1C(=O)c2ccccc2[C@H](C(=O)Nc2cc(C)ccc2OC)[C@H]1c1cn(C)c2ccccc12. The molecule has 2 amide bonds. The molecule has 5 rings (SSSR count). The van der Waals surface area contributed by atoms with Gasteiger partial charge < -0.3 is 24.3 Å². The number of nitrogens with one attached hydrogen (secondary N) is 1. The summed E-state index contributed by atoms with van der Waals surface area (Å²) < 4.78 is 12.9.